The molecule has 0 spiro atoms. The van der Waals surface area contributed by atoms with Crippen molar-refractivity contribution >= 4 is 45.3 Å². The summed E-state index contributed by atoms with van der Waals surface area (Å²) in [6.45, 7) is 0. The number of benzene rings is 3. The van der Waals surface area contributed by atoms with Crippen LogP contribution in [0, 0.1) is 0 Å². The summed E-state index contributed by atoms with van der Waals surface area (Å²) in [6.07, 6.45) is -1.87. The number of sulfone groups is 1. The van der Waals surface area contributed by atoms with E-state index in [2.05, 4.69) is 30.4 Å². The first-order valence-electron chi connectivity index (χ1n) is 10.8. The number of amides is 3. The number of hydrogen-bond donors (Lipinski definition) is 3. The highest BCUT2D eigenvalue weighted by Gasteiger charge is 2.20. The quantitative estimate of drug-likeness (QED) is 0.330. The van der Waals surface area contributed by atoms with E-state index in [0.29, 0.717) is 0 Å². The molecular formula is C25H24N4O7S. The van der Waals surface area contributed by atoms with E-state index in [1.165, 1.54) is 30.3 Å². The number of hydrogen-bond acceptors (Lipinski definition) is 8. The fourth-order valence-electron chi connectivity index (χ4n) is 3.09. The summed E-state index contributed by atoms with van der Waals surface area (Å²) in [5.74, 6) is -0.823. The molecule has 3 amide bonds. The number of guanidine groups is 1. The van der Waals surface area contributed by atoms with Crippen LogP contribution in [0.4, 0.5) is 21.0 Å². The zero-order valence-corrected chi connectivity index (χ0v) is 20.7. The molecule has 0 aliphatic heterocycles. The summed E-state index contributed by atoms with van der Waals surface area (Å²) in [7, 11) is -1.70. The van der Waals surface area contributed by atoms with Crippen molar-refractivity contribution in [3.8, 4) is 0 Å². The molecule has 0 bridgehead atoms. The van der Waals surface area contributed by atoms with Gasteiger partial charge in [0.1, 0.15) is 0 Å². The summed E-state index contributed by atoms with van der Waals surface area (Å²) in [4.78, 5) is 40.4. The van der Waals surface area contributed by atoms with Gasteiger partial charge in [-0.3, -0.25) is 15.4 Å². The average Bonchev–Trinajstić information content (AvgIpc) is 2.90. The summed E-state index contributed by atoms with van der Waals surface area (Å²) in [6, 6.07) is 20.6. The van der Waals surface area contributed by atoms with Crippen molar-refractivity contribution in [2.45, 2.75) is 16.2 Å². The third-order valence-corrected chi connectivity index (χ3v) is 6.62. The smallest absolute Gasteiger partial charge is 0.413 e. The third-order valence-electron chi connectivity index (χ3n) is 4.86. The van der Waals surface area contributed by atoms with E-state index >= 15 is 0 Å². The van der Waals surface area contributed by atoms with Gasteiger partial charge in [0, 0.05) is 0 Å². The van der Waals surface area contributed by atoms with Gasteiger partial charge >= 0.3 is 12.2 Å². The minimum absolute atomic E-state index is 0.00728. The number of carbonyl (C=O) groups excluding carboxylic acids is 3. The van der Waals surface area contributed by atoms with Crippen molar-refractivity contribution in [1.82, 2.24) is 10.6 Å². The molecule has 0 saturated heterocycles. The number of carbonyl (C=O) groups is 3. The molecule has 192 valence electrons. The number of aliphatic imine (C=N–C) groups is 1. The fraction of sp³-hybridized carbons (Fsp3) is 0.120. The van der Waals surface area contributed by atoms with Crippen molar-refractivity contribution in [2.24, 2.45) is 4.99 Å². The van der Waals surface area contributed by atoms with Gasteiger partial charge in [0.05, 0.1) is 41.8 Å². The Labute approximate surface area is 213 Å². The molecule has 0 heterocycles. The van der Waals surface area contributed by atoms with E-state index in [4.69, 9.17) is 0 Å². The summed E-state index contributed by atoms with van der Waals surface area (Å²) in [5, 5.41) is 7.10. The Hall–Kier alpha value is -4.71. The Morgan fingerprint density at radius 2 is 1.35 bits per heavy atom. The minimum atomic E-state index is -3.93. The van der Waals surface area contributed by atoms with Crippen LogP contribution in [0.15, 0.2) is 93.6 Å². The predicted octanol–water partition coefficient (Wildman–Crippen LogP) is 3.40. The molecule has 3 aromatic carbocycles. The lowest BCUT2D eigenvalue weighted by molar-refractivity contribution is -0.115. The molecule has 37 heavy (non-hydrogen) atoms. The summed E-state index contributed by atoms with van der Waals surface area (Å²) >= 11 is 0. The van der Waals surface area contributed by atoms with Gasteiger partial charge in [0.15, 0.2) is 0 Å². The van der Waals surface area contributed by atoms with Gasteiger partial charge in [-0.2, -0.15) is 0 Å². The SMILES string of the molecule is COC(=O)NC(=Nc1ccc(S(=O)(=O)c2ccccc2)cc1NC(=O)Cc1ccccc1)NC(=O)OC. The van der Waals surface area contributed by atoms with Gasteiger partial charge < -0.3 is 14.8 Å². The highest BCUT2D eigenvalue weighted by atomic mass is 32.2. The zero-order valence-electron chi connectivity index (χ0n) is 19.9. The van der Waals surface area contributed by atoms with Gasteiger partial charge in [0.25, 0.3) is 0 Å². The van der Waals surface area contributed by atoms with Crippen LogP contribution in [0.5, 0.6) is 0 Å². The normalized spacial score (nSPS) is 10.5. The van der Waals surface area contributed by atoms with E-state index in [1.807, 2.05) is 6.07 Å². The highest BCUT2D eigenvalue weighted by molar-refractivity contribution is 7.91. The van der Waals surface area contributed by atoms with E-state index in [1.54, 1.807) is 42.5 Å². The van der Waals surface area contributed by atoms with Crippen LogP contribution in [0.2, 0.25) is 0 Å². The second-order valence-electron chi connectivity index (χ2n) is 7.40. The maximum atomic E-state index is 13.2. The molecule has 0 unspecified atom stereocenters. The lowest BCUT2D eigenvalue weighted by Gasteiger charge is -2.14. The Kier molecular flexibility index (Phi) is 8.95. The number of methoxy groups -OCH3 is 2. The van der Waals surface area contributed by atoms with Gasteiger partial charge in [-0.25, -0.2) is 23.0 Å². The number of nitrogens with one attached hydrogen (secondary N) is 3. The molecule has 0 aliphatic rings. The first kappa shape index (κ1) is 26.9. The van der Waals surface area contributed by atoms with E-state index in [9.17, 15) is 22.8 Å². The molecule has 3 rings (SSSR count). The van der Waals surface area contributed by atoms with Gasteiger partial charge in [0.2, 0.25) is 21.7 Å². The molecule has 0 radical (unpaired) electrons. The molecule has 0 aliphatic carbocycles. The molecule has 0 aromatic heterocycles. The Bertz CT molecular complexity index is 1390. The minimum Gasteiger partial charge on any atom is -0.453 e. The van der Waals surface area contributed by atoms with Crippen LogP contribution in [-0.4, -0.2) is 46.7 Å². The van der Waals surface area contributed by atoms with Gasteiger partial charge in [-0.15, -0.1) is 0 Å². The zero-order chi connectivity index (χ0) is 26.8. The number of anilines is 1. The van der Waals surface area contributed by atoms with E-state index < -0.39 is 27.9 Å². The van der Waals surface area contributed by atoms with Crippen molar-refractivity contribution in [2.75, 3.05) is 19.5 Å². The van der Waals surface area contributed by atoms with Crippen molar-refractivity contribution in [3.63, 3.8) is 0 Å². The fourth-order valence-corrected chi connectivity index (χ4v) is 4.40. The first-order chi connectivity index (χ1) is 17.7. The molecule has 0 fully saturated rings. The van der Waals surface area contributed by atoms with Gasteiger partial charge in [-0.1, -0.05) is 48.5 Å². The maximum Gasteiger partial charge on any atom is 0.413 e. The largest absolute Gasteiger partial charge is 0.453 e. The van der Waals surface area contributed by atoms with Crippen LogP contribution in [-0.2, 0) is 30.5 Å². The molecular weight excluding hydrogens is 500 g/mol. The maximum absolute atomic E-state index is 13.2. The van der Waals surface area contributed by atoms with Crippen molar-refractivity contribution in [3.05, 3.63) is 84.4 Å². The third kappa shape index (κ3) is 7.39. The second kappa shape index (κ2) is 12.3. The lowest BCUT2D eigenvalue weighted by Crippen LogP contribution is -2.43. The number of ether oxygens (including phenoxy) is 2. The Morgan fingerprint density at radius 1 is 0.784 bits per heavy atom. The molecule has 12 heteroatoms. The van der Waals surface area contributed by atoms with Crippen LogP contribution in [0.1, 0.15) is 5.56 Å². The second-order valence-corrected chi connectivity index (χ2v) is 9.35. The predicted molar refractivity (Wildman–Crippen MR) is 135 cm³/mol. The first-order valence-corrected chi connectivity index (χ1v) is 12.3. The molecule has 3 N–H and O–H groups in total. The summed E-state index contributed by atoms with van der Waals surface area (Å²) < 4.78 is 35.4. The number of nitrogens with zero attached hydrogens (tertiary/aromatic N) is 1. The number of rotatable bonds is 6. The number of alkyl carbamates (subject to hydrolysis) is 2. The van der Waals surface area contributed by atoms with E-state index in [-0.39, 0.29) is 33.5 Å². The molecule has 0 atom stereocenters. The van der Waals surface area contributed by atoms with Gasteiger partial charge in [-0.05, 0) is 35.9 Å². The molecule has 0 saturated carbocycles. The van der Waals surface area contributed by atoms with Crippen molar-refractivity contribution < 1.29 is 32.3 Å². The Balaban J connectivity index is 2.05. The topological polar surface area (TPSA) is 152 Å². The van der Waals surface area contributed by atoms with Crippen LogP contribution in [0.3, 0.4) is 0 Å². The van der Waals surface area contributed by atoms with Crippen molar-refractivity contribution in [1.29, 1.82) is 0 Å². The monoisotopic (exact) mass is 524 g/mol. The average molecular weight is 525 g/mol. The lowest BCUT2D eigenvalue weighted by atomic mass is 10.1. The molecule has 3 aromatic rings. The van der Waals surface area contributed by atoms with Crippen LogP contribution in [0.25, 0.3) is 0 Å². The Morgan fingerprint density at radius 3 is 1.92 bits per heavy atom. The van der Waals surface area contributed by atoms with Crippen LogP contribution >= 0.6 is 0 Å². The molecule has 11 nitrogen and oxygen atoms in total. The summed E-state index contributed by atoms with van der Waals surface area (Å²) in [5.41, 5.74) is 0.795. The van der Waals surface area contributed by atoms with Crippen LogP contribution < -0.4 is 16.0 Å². The standard InChI is InChI=1S/C25H24N4O7S/c1-35-24(31)28-23(29-25(32)36-2)27-20-14-13-19(37(33,34)18-11-7-4-8-12-18)16-21(20)26-22(30)15-17-9-5-3-6-10-17/h3-14,16H,15H2,1-2H3,(H,26,30)(H2,27,28,29,31,32). The van der Waals surface area contributed by atoms with E-state index in [0.717, 1.165) is 19.8 Å². The highest BCUT2D eigenvalue weighted by Crippen LogP contribution is 2.31.